The zero-order valence-electron chi connectivity index (χ0n) is 18.5. The van der Waals surface area contributed by atoms with Crippen LogP contribution in [0.1, 0.15) is 16.7 Å². The molecule has 0 saturated carbocycles. The van der Waals surface area contributed by atoms with Crippen LogP contribution in [0.25, 0.3) is 11.7 Å². The summed E-state index contributed by atoms with van der Waals surface area (Å²) in [6.07, 6.45) is 3.30. The molecular weight excluding hydrogens is 518 g/mol. The van der Waals surface area contributed by atoms with Crippen LogP contribution < -0.4 is 5.56 Å². The number of amides is 1. The molecule has 0 unspecified atom stereocenters. The van der Waals surface area contributed by atoms with Crippen molar-refractivity contribution in [1.82, 2.24) is 14.3 Å². The van der Waals surface area contributed by atoms with Crippen LogP contribution in [0.2, 0.25) is 5.02 Å². The van der Waals surface area contributed by atoms with Crippen molar-refractivity contribution >= 4 is 69.3 Å². The molecule has 0 atom stereocenters. The van der Waals surface area contributed by atoms with E-state index in [1.165, 1.54) is 32.8 Å². The fraction of sp³-hybridized carbons (Fsp3) is 0.0769. The van der Waals surface area contributed by atoms with Gasteiger partial charge in [0.1, 0.15) is 15.0 Å². The van der Waals surface area contributed by atoms with Gasteiger partial charge in [0.05, 0.1) is 17.0 Å². The number of aryl methyl sites for hydroxylation is 1. The Morgan fingerprint density at radius 2 is 1.80 bits per heavy atom. The first-order valence-corrected chi connectivity index (χ1v) is 13.1. The molecule has 0 spiro atoms. The lowest BCUT2D eigenvalue weighted by Crippen LogP contribution is -2.27. The van der Waals surface area contributed by atoms with Gasteiger partial charge in [-0.2, -0.15) is 0 Å². The van der Waals surface area contributed by atoms with E-state index >= 15 is 0 Å². The van der Waals surface area contributed by atoms with Crippen LogP contribution in [0.5, 0.6) is 0 Å². The average molecular weight is 536 g/mol. The minimum absolute atomic E-state index is 0.242. The lowest BCUT2D eigenvalue weighted by molar-refractivity contribution is -0.122. The molecule has 1 saturated heterocycles. The number of carbonyl (C=O) groups excluding carboxylic acids is 1. The third kappa shape index (κ3) is 4.79. The fourth-order valence-electron chi connectivity index (χ4n) is 3.66. The highest BCUT2D eigenvalue weighted by molar-refractivity contribution is 8.26. The molecule has 5 rings (SSSR count). The van der Waals surface area contributed by atoms with Gasteiger partial charge in [0, 0.05) is 16.1 Å². The largest absolute Gasteiger partial charge is 0.288 e. The molecule has 1 aliphatic heterocycles. The van der Waals surface area contributed by atoms with Crippen LogP contribution in [0, 0.1) is 6.92 Å². The summed E-state index contributed by atoms with van der Waals surface area (Å²) in [6, 6.07) is 20.8. The van der Waals surface area contributed by atoms with Crippen molar-refractivity contribution in [2.45, 2.75) is 23.4 Å². The van der Waals surface area contributed by atoms with Crippen LogP contribution in [-0.2, 0) is 11.3 Å². The quantitative estimate of drug-likeness (QED) is 0.172. The Balaban J connectivity index is 1.59. The molecule has 0 N–H and O–H groups in total. The molecule has 35 heavy (non-hydrogen) atoms. The predicted octanol–water partition coefficient (Wildman–Crippen LogP) is 6.21. The number of aromatic nitrogens is 2. The van der Waals surface area contributed by atoms with Crippen molar-refractivity contribution in [3.8, 4) is 0 Å². The molecule has 4 aromatic rings. The number of hydrogen-bond donors (Lipinski definition) is 0. The summed E-state index contributed by atoms with van der Waals surface area (Å²) >= 11 is 14.4. The Kier molecular flexibility index (Phi) is 6.80. The van der Waals surface area contributed by atoms with Gasteiger partial charge in [-0.1, -0.05) is 89.8 Å². The van der Waals surface area contributed by atoms with Crippen molar-refractivity contribution in [2.75, 3.05) is 0 Å². The summed E-state index contributed by atoms with van der Waals surface area (Å²) < 4.78 is 1.93. The maximum Gasteiger partial charge on any atom is 0.266 e. The lowest BCUT2D eigenvalue weighted by atomic mass is 10.2. The Morgan fingerprint density at radius 3 is 2.57 bits per heavy atom. The van der Waals surface area contributed by atoms with Crippen LogP contribution in [0.15, 0.2) is 92.5 Å². The molecule has 174 valence electrons. The molecule has 5 nitrogen and oxygen atoms in total. The second-order valence-electron chi connectivity index (χ2n) is 7.79. The van der Waals surface area contributed by atoms with Gasteiger partial charge in [-0.15, -0.1) is 0 Å². The van der Waals surface area contributed by atoms with Gasteiger partial charge in [-0.05, 0) is 48.4 Å². The first-order chi connectivity index (χ1) is 16.9. The summed E-state index contributed by atoms with van der Waals surface area (Å²) in [5.74, 6) is -0.260. The number of rotatable bonds is 5. The van der Waals surface area contributed by atoms with Crippen LogP contribution >= 0.6 is 47.3 Å². The molecule has 2 aromatic carbocycles. The Bertz CT molecular complexity index is 1570. The van der Waals surface area contributed by atoms with E-state index in [-0.39, 0.29) is 18.0 Å². The van der Waals surface area contributed by atoms with Crippen molar-refractivity contribution < 1.29 is 4.79 Å². The number of pyridine rings is 1. The summed E-state index contributed by atoms with van der Waals surface area (Å²) in [5, 5.41) is 1.10. The maximum absolute atomic E-state index is 13.6. The molecule has 1 amide bonds. The van der Waals surface area contributed by atoms with Crippen molar-refractivity contribution in [1.29, 1.82) is 0 Å². The summed E-state index contributed by atoms with van der Waals surface area (Å²) in [5.41, 5.74) is 2.38. The molecule has 0 bridgehead atoms. The van der Waals surface area contributed by atoms with Crippen molar-refractivity contribution in [2.24, 2.45) is 0 Å². The average Bonchev–Trinajstić information content (AvgIpc) is 3.11. The number of fused-ring (bicyclic) bond motifs is 1. The van der Waals surface area contributed by atoms with Crippen molar-refractivity contribution in [3.63, 3.8) is 0 Å². The van der Waals surface area contributed by atoms with E-state index < -0.39 is 0 Å². The number of halogens is 1. The zero-order valence-corrected chi connectivity index (χ0v) is 21.7. The molecule has 0 aliphatic carbocycles. The zero-order chi connectivity index (χ0) is 24.5. The molecule has 0 radical (unpaired) electrons. The third-order valence-electron chi connectivity index (χ3n) is 5.44. The molecular formula is C26H18ClN3O2S3. The standard InChI is InChI=1S/C26H18ClN3O2S3/c1-16-8-7-13-29-22(16)28-23(34-18-10-3-2-4-11-18)19(24(29)31)14-21-25(32)30(26(33)35-21)15-17-9-5-6-12-20(17)27/h2-14H,15H2,1H3. The predicted molar refractivity (Wildman–Crippen MR) is 147 cm³/mol. The molecule has 3 heterocycles. The lowest BCUT2D eigenvalue weighted by Gasteiger charge is -2.15. The smallest absolute Gasteiger partial charge is 0.266 e. The second-order valence-corrected chi connectivity index (χ2v) is 10.9. The van der Waals surface area contributed by atoms with Gasteiger partial charge in [-0.3, -0.25) is 18.9 Å². The van der Waals surface area contributed by atoms with Gasteiger partial charge in [0.2, 0.25) is 0 Å². The van der Waals surface area contributed by atoms with E-state index in [4.69, 9.17) is 28.8 Å². The van der Waals surface area contributed by atoms with Gasteiger partial charge < -0.3 is 0 Å². The number of hydrogen-bond acceptors (Lipinski definition) is 6. The minimum atomic E-state index is -0.260. The van der Waals surface area contributed by atoms with Crippen LogP contribution in [0.4, 0.5) is 0 Å². The van der Waals surface area contributed by atoms with Gasteiger partial charge in [-0.25, -0.2) is 4.98 Å². The first kappa shape index (κ1) is 23.8. The maximum atomic E-state index is 13.6. The normalized spacial score (nSPS) is 14.9. The minimum Gasteiger partial charge on any atom is -0.288 e. The molecule has 1 aliphatic rings. The van der Waals surface area contributed by atoms with E-state index in [0.29, 0.717) is 30.5 Å². The number of thioether (sulfide) groups is 1. The van der Waals surface area contributed by atoms with Crippen LogP contribution in [0.3, 0.4) is 0 Å². The third-order valence-corrected chi connectivity index (χ3v) is 8.20. The number of benzene rings is 2. The van der Waals surface area contributed by atoms with E-state index in [9.17, 15) is 9.59 Å². The first-order valence-electron chi connectivity index (χ1n) is 10.7. The van der Waals surface area contributed by atoms with Gasteiger partial charge in [0.25, 0.3) is 11.5 Å². The fourth-order valence-corrected chi connectivity index (χ4v) is 6.00. The van der Waals surface area contributed by atoms with Crippen LogP contribution in [-0.4, -0.2) is 24.5 Å². The SMILES string of the molecule is Cc1cccn2c(=O)c(C=C3SC(=S)N(Cc4ccccc4Cl)C3=O)c(Sc3ccccc3)nc12. The number of carbonyl (C=O) groups is 1. The number of nitrogens with zero attached hydrogens (tertiary/aromatic N) is 3. The Morgan fingerprint density at radius 1 is 1.06 bits per heavy atom. The van der Waals surface area contributed by atoms with E-state index in [1.54, 1.807) is 18.3 Å². The molecule has 1 fully saturated rings. The highest BCUT2D eigenvalue weighted by Gasteiger charge is 2.33. The Hall–Kier alpha value is -2.91. The van der Waals surface area contributed by atoms with E-state index in [1.807, 2.05) is 67.6 Å². The van der Waals surface area contributed by atoms with Gasteiger partial charge >= 0.3 is 0 Å². The molecule has 9 heteroatoms. The highest BCUT2D eigenvalue weighted by Crippen LogP contribution is 2.36. The monoisotopic (exact) mass is 535 g/mol. The summed E-state index contributed by atoms with van der Waals surface area (Å²) in [6.45, 7) is 2.18. The highest BCUT2D eigenvalue weighted by atomic mass is 35.5. The van der Waals surface area contributed by atoms with E-state index in [2.05, 4.69) is 0 Å². The number of thiocarbonyl (C=S) groups is 1. The summed E-state index contributed by atoms with van der Waals surface area (Å²) in [7, 11) is 0. The van der Waals surface area contributed by atoms with Crippen molar-refractivity contribution in [3.05, 3.63) is 110 Å². The van der Waals surface area contributed by atoms with E-state index in [0.717, 1.165) is 16.0 Å². The second kappa shape index (κ2) is 9.99. The Labute approximate surface area is 220 Å². The molecule has 2 aromatic heterocycles. The van der Waals surface area contributed by atoms with Gasteiger partial charge in [0.15, 0.2) is 0 Å². The topological polar surface area (TPSA) is 54.7 Å². The summed E-state index contributed by atoms with van der Waals surface area (Å²) in [4.78, 5) is 34.5.